The molecule has 1 aromatic heterocycles. The zero-order valence-corrected chi connectivity index (χ0v) is 8.67. The third-order valence-corrected chi connectivity index (χ3v) is 2.82. The highest BCUT2D eigenvalue weighted by molar-refractivity contribution is 5.72. The molecule has 1 aliphatic carbocycles. The number of aromatic nitrogens is 3. The van der Waals surface area contributed by atoms with Crippen LogP contribution >= 0.6 is 0 Å². The number of benzene rings is 1. The number of para-hydroxylation sites is 1. The molecule has 0 unspecified atom stereocenters. The second-order valence-corrected chi connectivity index (χ2v) is 4.04. The molecular formula is C11H12N4O. The van der Waals surface area contributed by atoms with Gasteiger partial charge in [0, 0.05) is 6.04 Å². The monoisotopic (exact) mass is 216 g/mol. The highest BCUT2D eigenvalue weighted by Gasteiger charge is 2.27. The molecule has 5 heteroatoms. The van der Waals surface area contributed by atoms with Gasteiger partial charge in [0.15, 0.2) is 5.82 Å². The van der Waals surface area contributed by atoms with E-state index in [9.17, 15) is 5.11 Å². The molecular weight excluding hydrogens is 204 g/mol. The first-order valence-electron chi connectivity index (χ1n) is 5.24. The summed E-state index contributed by atoms with van der Waals surface area (Å²) in [5, 5.41) is 17.8. The van der Waals surface area contributed by atoms with Gasteiger partial charge in [-0.15, -0.1) is 10.2 Å². The summed E-state index contributed by atoms with van der Waals surface area (Å²) in [6, 6.07) is 5.74. The number of rotatable bonds is 2. The van der Waals surface area contributed by atoms with Crippen LogP contribution < -0.4 is 5.73 Å². The van der Waals surface area contributed by atoms with Crippen LogP contribution in [0.25, 0.3) is 11.4 Å². The van der Waals surface area contributed by atoms with Gasteiger partial charge in [-0.3, -0.25) is 0 Å². The molecule has 5 nitrogen and oxygen atoms in total. The molecule has 0 amide bonds. The van der Waals surface area contributed by atoms with Crippen molar-refractivity contribution in [1.29, 1.82) is 0 Å². The van der Waals surface area contributed by atoms with Crippen molar-refractivity contribution >= 4 is 5.69 Å². The Kier molecular flexibility index (Phi) is 1.86. The molecule has 0 spiro atoms. The third kappa shape index (κ3) is 1.32. The van der Waals surface area contributed by atoms with E-state index >= 15 is 0 Å². The smallest absolute Gasteiger partial charge is 0.167 e. The summed E-state index contributed by atoms with van der Waals surface area (Å²) in [7, 11) is 0. The Morgan fingerprint density at radius 3 is 2.94 bits per heavy atom. The van der Waals surface area contributed by atoms with Crippen LogP contribution in [0.15, 0.2) is 24.5 Å². The second-order valence-electron chi connectivity index (χ2n) is 4.04. The van der Waals surface area contributed by atoms with Crippen molar-refractivity contribution in [3.05, 3.63) is 24.5 Å². The van der Waals surface area contributed by atoms with Crippen LogP contribution in [-0.2, 0) is 0 Å². The van der Waals surface area contributed by atoms with Crippen LogP contribution in [0.5, 0.6) is 5.75 Å². The summed E-state index contributed by atoms with van der Waals surface area (Å²) in [4.78, 5) is 0. The Labute approximate surface area is 92.5 Å². The van der Waals surface area contributed by atoms with E-state index in [0.29, 0.717) is 23.1 Å². The molecule has 2 aromatic rings. The molecule has 1 aromatic carbocycles. The number of hydrogen-bond donors (Lipinski definition) is 2. The Morgan fingerprint density at radius 1 is 1.38 bits per heavy atom. The maximum absolute atomic E-state index is 9.89. The lowest BCUT2D eigenvalue weighted by Crippen LogP contribution is -1.97. The maximum atomic E-state index is 9.89. The van der Waals surface area contributed by atoms with Crippen molar-refractivity contribution in [3.63, 3.8) is 0 Å². The van der Waals surface area contributed by atoms with E-state index in [2.05, 4.69) is 10.2 Å². The lowest BCUT2D eigenvalue weighted by Gasteiger charge is -2.07. The molecule has 3 rings (SSSR count). The molecule has 3 N–H and O–H groups in total. The molecule has 1 aliphatic rings. The van der Waals surface area contributed by atoms with Crippen molar-refractivity contribution in [2.75, 3.05) is 5.73 Å². The topological polar surface area (TPSA) is 77.0 Å². The average molecular weight is 216 g/mol. The number of nitrogens with two attached hydrogens (primary N) is 1. The number of aromatic hydroxyl groups is 1. The summed E-state index contributed by atoms with van der Waals surface area (Å²) < 4.78 is 1.99. The molecule has 1 heterocycles. The predicted molar refractivity (Wildman–Crippen MR) is 59.8 cm³/mol. The first kappa shape index (κ1) is 9.21. The van der Waals surface area contributed by atoms with Crippen molar-refractivity contribution in [3.8, 4) is 17.1 Å². The quantitative estimate of drug-likeness (QED) is 0.590. The standard InChI is InChI=1S/C11H12N4O/c12-9-3-1-2-8(10(9)16)11-14-13-6-15(11)7-4-5-7/h1-3,6-7,16H,4-5,12H2. The van der Waals surface area contributed by atoms with E-state index in [-0.39, 0.29) is 5.75 Å². The fourth-order valence-corrected chi connectivity index (χ4v) is 1.80. The van der Waals surface area contributed by atoms with Crippen LogP contribution in [-0.4, -0.2) is 19.9 Å². The predicted octanol–water partition coefficient (Wildman–Crippen LogP) is 1.57. The van der Waals surface area contributed by atoms with Crippen molar-refractivity contribution in [2.45, 2.75) is 18.9 Å². The maximum Gasteiger partial charge on any atom is 0.167 e. The molecule has 0 saturated heterocycles. The molecule has 82 valence electrons. The first-order chi connectivity index (χ1) is 7.77. The van der Waals surface area contributed by atoms with E-state index in [1.165, 1.54) is 0 Å². The summed E-state index contributed by atoms with van der Waals surface area (Å²) >= 11 is 0. The third-order valence-electron chi connectivity index (χ3n) is 2.82. The molecule has 0 radical (unpaired) electrons. The van der Waals surface area contributed by atoms with Gasteiger partial charge < -0.3 is 15.4 Å². The van der Waals surface area contributed by atoms with Gasteiger partial charge in [0.05, 0.1) is 11.3 Å². The second kappa shape index (κ2) is 3.23. The lowest BCUT2D eigenvalue weighted by molar-refractivity contribution is 0.479. The van der Waals surface area contributed by atoms with E-state index in [0.717, 1.165) is 12.8 Å². The summed E-state index contributed by atoms with van der Waals surface area (Å²) in [6.07, 6.45) is 4.00. The Balaban J connectivity index is 2.14. The van der Waals surface area contributed by atoms with Crippen molar-refractivity contribution in [2.24, 2.45) is 0 Å². The normalized spacial score (nSPS) is 15.2. The largest absolute Gasteiger partial charge is 0.505 e. The van der Waals surface area contributed by atoms with Gasteiger partial charge in [0.2, 0.25) is 0 Å². The first-order valence-corrected chi connectivity index (χ1v) is 5.24. The number of nitrogens with zero attached hydrogens (tertiary/aromatic N) is 3. The minimum atomic E-state index is 0.0809. The zero-order chi connectivity index (χ0) is 11.1. The summed E-state index contributed by atoms with van der Waals surface area (Å²) in [5.74, 6) is 0.768. The highest BCUT2D eigenvalue weighted by Crippen LogP contribution is 2.40. The van der Waals surface area contributed by atoms with E-state index in [1.807, 2.05) is 4.57 Å². The van der Waals surface area contributed by atoms with Gasteiger partial charge in [0.25, 0.3) is 0 Å². The van der Waals surface area contributed by atoms with Crippen LogP contribution in [0.4, 0.5) is 5.69 Å². The van der Waals surface area contributed by atoms with E-state index in [1.54, 1.807) is 24.5 Å². The molecule has 1 fully saturated rings. The van der Waals surface area contributed by atoms with Gasteiger partial charge in [-0.1, -0.05) is 6.07 Å². The minimum absolute atomic E-state index is 0.0809. The van der Waals surface area contributed by atoms with Crippen LogP contribution in [0, 0.1) is 0 Å². The Bertz CT molecular complexity index is 531. The number of anilines is 1. The van der Waals surface area contributed by atoms with Crippen LogP contribution in [0.3, 0.4) is 0 Å². The fourth-order valence-electron chi connectivity index (χ4n) is 1.80. The molecule has 0 aliphatic heterocycles. The Hall–Kier alpha value is -2.04. The zero-order valence-electron chi connectivity index (χ0n) is 8.67. The Morgan fingerprint density at radius 2 is 2.19 bits per heavy atom. The van der Waals surface area contributed by atoms with Gasteiger partial charge in [0.1, 0.15) is 12.1 Å². The molecule has 1 saturated carbocycles. The lowest BCUT2D eigenvalue weighted by atomic mass is 10.1. The van der Waals surface area contributed by atoms with Gasteiger partial charge in [-0.2, -0.15) is 0 Å². The molecule has 0 bridgehead atoms. The number of phenols is 1. The number of phenolic OH excluding ortho intramolecular Hbond substituents is 1. The number of nitrogen functional groups attached to an aromatic ring is 1. The van der Waals surface area contributed by atoms with Crippen molar-refractivity contribution in [1.82, 2.24) is 14.8 Å². The minimum Gasteiger partial charge on any atom is -0.505 e. The summed E-state index contributed by atoms with van der Waals surface area (Å²) in [5.41, 5.74) is 6.67. The van der Waals surface area contributed by atoms with E-state index < -0.39 is 0 Å². The van der Waals surface area contributed by atoms with Gasteiger partial charge in [-0.05, 0) is 25.0 Å². The highest BCUT2D eigenvalue weighted by atomic mass is 16.3. The molecule has 16 heavy (non-hydrogen) atoms. The molecule has 0 atom stereocenters. The van der Waals surface area contributed by atoms with Gasteiger partial charge >= 0.3 is 0 Å². The number of hydrogen-bond acceptors (Lipinski definition) is 4. The van der Waals surface area contributed by atoms with Crippen LogP contribution in [0.1, 0.15) is 18.9 Å². The fraction of sp³-hybridized carbons (Fsp3) is 0.273. The summed E-state index contributed by atoms with van der Waals surface area (Å²) in [6.45, 7) is 0. The SMILES string of the molecule is Nc1cccc(-c2nncn2C2CC2)c1O. The van der Waals surface area contributed by atoms with Gasteiger partial charge in [-0.25, -0.2) is 0 Å². The van der Waals surface area contributed by atoms with E-state index in [4.69, 9.17) is 5.73 Å². The van der Waals surface area contributed by atoms with Crippen molar-refractivity contribution < 1.29 is 5.11 Å². The van der Waals surface area contributed by atoms with Crippen LogP contribution in [0.2, 0.25) is 0 Å². The average Bonchev–Trinajstić information content (AvgIpc) is 3.01.